The number of carboxylic acid groups (broad SMARTS) is 1. The molecule has 2 aromatic carbocycles. The van der Waals surface area contributed by atoms with Crippen LogP contribution in [0.25, 0.3) is 11.1 Å². The molecule has 0 saturated heterocycles. The lowest BCUT2D eigenvalue weighted by atomic mass is 9.95. The van der Waals surface area contributed by atoms with Gasteiger partial charge in [0.1, 0.15) is 5.75 Å². The summed E-state index contributed by atoms with van der Waals surface area (Å²) >= 11 is 0. The van der Waals surface area contributed by atoms with E-state index < -0.39 is 5.97 Å². The van der Waals surface area contributed by atoms with Gasteiger partial charge in [-0.3, -0.25) is 4.79 Å². The Kier molecular flexibility index (Phi) is 4.08. The monoisotopic (exact) mass is 270 g/mol. The van der Waals surface area contributed by atoms with Crippen LogP contribution in [-0.4, -0.2) is 18.2 Å². The van der Waals surface area contributed by atoms with Crippen LogP contribution in [0.1, 0.15) is 16.7 Å². The first kappa shape index (κ1) is 14.1. The van der Waals surface area contributed by atoms with Crippen molar-refractivity contribution in [1.82, 2.24) is 0 Å². The van der Waals surface area contributed by atoms with Crippen molar-refractivity contribution in [2.75, 3.05) is 7.11 Å². The topological polar surface area (TPSA) is 46.5 Å². The molecule has 0 bridgehead atoms. The van der Waals surface area contributed by atoms with Gasteiger partial charge in [-0.1, -0.05) is 29.8 Å². The van der Waals surface area contributed by atoms with Crippen LogP contribution in [0.2, 0.25) is 0 Å². The molecule has 1 N–H and O–H groups in total. The Hall–Kier alpha value is -2.29. The number of methoxy groups -OCH3 is 1. The highest BCUT2D eigenvalue weighted by molar-refractivity contribution is 5.77. The molecule has 2 rings (SSSR count). The summed E-state index contributed by atoms with van der Waals surface area (Å²) < 4.78 is 5.41. The van der Waals surface area contributed by atoms with Crippen LogP contribution < -0.4 is 4.74 Å². The van der Waals surface area contributed by atoms with Crippen molar-refractivity contribution in [3.05, 3.63) is 53.1 Å². The van der Waals surface area contributed by atoms with Gasteiger partial charge in [0.2, 0.25) is 0 Å². The van der Waals surface area contributed by atoms with Gasteiger partial charge in [-0.15, -0.1) is 0 Å². The molecule has 0 amide bonds. The van der Waals surface area contributed by atoms with Crippen molar-refractivity contribution in [3.8, 4) is 16.9 Å². The van der Waals surface area contributed by atoms with Crippen LogP contribution in [0.3, 0.4) is 0 Å². The number of aryl methyl sites for hydroxylation is 2. The summed E-state index contributed by atoms with van der Waals surface area (Å²) in [5.41, 5.74) is 5.09. The SMILES string of the molecule is COc1ccc(CC(=O)O)cc1-c1cc(C)ccc1C. The third-order valence-electron chi connectivity index (χ3n) is 3.30. The average molecular weight is 270 g/mol. The van der Waals surface area contributed by atoms with Gasteiger partial charge in [-0.25, -0.2) is 0 Å². The fourth-order valence-corrected chi connectivity index (χ4v) is 2.28. The number of rotatable bonds is 4. The molecule has 0 aliphatic rings. The fourth-order valence-electron chi connectivity index (χ4n) is 2.28. The lowest BCUT2D eigenvalue weighted by molar-refractivity contribution is -0.136. The van der Waals surface area contributed by atoms with Crippen LogP contribution in [0.4, 0.5) is 0 Å². The van der Waals surface area contributed by atoms with E-state index in [1.807, 2.05) is 26.0 Å². The molecule has 0 aromatic heterocycles. The van der Waals surface area contributed by atoms with Gasteiger partial charge in [0.05, 0.1) is 13.5 Å². The molecule has 0 aliphatic carbocycles. The molecule has 0 unspecified atom stereocenters. The Morgan fingerprint density at radius 2 is 1.85 bits per heavy atom. The Labute approximate surface area is 118 Å². The maximum atomic E-state index is 10.9. The highest BCUT2D eigenvalue weighted by atomic mass is 16.5. The predicted octanol–water partition coefficient (Wildman–Crippen LogP) is 3.61. The molecule has 3 nitrogen and oxygen atoms in total. The first-order valence-electron chi connectivity index (χ1n) is 6.47. The summed E-state index contributed by atoms with van der Waals surface area (Å²) in [6.45, 7) is 4.08. The van der Waals surface area contributed by atoms with E-state index in [1.165, 1.54) is 0 Å². The zero-order chi connectivity index (χ0) is 14.7. The molecular formula is C17H18O3. The maximum Gasteiger partial charge on any atom is 0.307 e. The number of aliphatic carboxylic acids is 1. The molecule has 2 aromatic rings. The number of hydrogen-bond acceptors (Lipinski definition) is 2. The number of benzene rings is 2. The highest BCUT2D eigenvalue weighted by Gasteiger charge is 2.11. The Bertz CT molecular complexity index is 645. The predicted molar refractivity (Wildman–Crippen MR) is 79.2 cm³/mol. The third kappa shape index (κ3) is 2.99. The molecule has 0 aliphatic heterocycles. The summed E-state index contributed by atoms with van der Waals surface area (Å²) in [6, 6.07) is 11.7. The smallest absolute Gasteiger partial charge is 0.307 e. The lowest BCUT2D eigenvalue weighted by Crippen LogP contribution is -2.01. The van der Waals surface area contributed by atoms with Crippen LogP contribution in [0.5, 0.6) is 5.75 Å². The van der Waals surface area contributed by atoms with Crippen molar-refractivity contribution >= 4 is 5.97 Å². The van der Waals surface area contributed by atoms with Gasteiger partial charge in [0.25, 0.3) is 0 Å². The Balaban J connectivity index is 2.57. The van der Waals surface area contributed by atoms with Crippen molar-refractivity contribution in [2.45, 2.75) is 20.3 Å². The van der Waals surface area contributed by atoms with E-state index in [1.54, 1.807) is 13.2 Å². The van der Waals surface area contributed by atoms with Crippen molar-refractivity contribution < 1.29 is 14.6 Å². The number of carboxylic acids is 1. The van der Waals surface area contributed by atoms with E-state index in [9.17, 15) is 4.79 Å². The minimum atomic E-state index is -0.831. The first-order chi connectivity index (χ1) is 9.51. The molecule has 0 heterocycles. The number of ether oxygens (including phenoxy) is 1. The Morgan fingerprint density at radius 1 is 1.10 bits per heavy atom. The largest absolute Gasteiger partial charge is 0.496 e. The second-order valence-electron chi connectivity index (χ2n) is 4.92. The van der Waals surface area contributed by atoms with Gasteiger partial charge >= 0.3 is 5.97 Å². The lowest BCUT2D eigenvalue weighted by Gasteiger charge is -2.13. The van der Waals surface area contributed by atoms with Crippen LogP contribution >= 0.6 is 0 Å². The zero-order valence-corrected chi connectivity index (χ0v) is 11.9. The standard InChI is InChI=1S/C17H18O3/c1-11-4-5-12(2)14(8-11)15-9-13(10-17(18)19)6-7-16(15)20-3/h4-9H,10H2,1-3H3,(H,18,19). The van der Waals surface area contributed by atoms with E-state index in [0.717, 1.165) is 33.6 Å². The normalized spacial score (nSPS) is 10.3. The number of carbonyl (C=O) groups is 1. The molecule has 20 heavy (non-hydrogen) atoms. The van der Waals surface area contributed by atoms with Gasteiger partial charge in [-0.2, -0.15) is 0 Å². The van der Waals surface area contributed by atoms with E-state index in [4.69, 9.17) is 9.84 Å². The summed E-state index contributed by atoms with van der Waals surface area (Å²) in [5, 5.41) is 8.92. The molecule has 0 saturated carbocycles. The first-order valence-corrected chi connectivity index (χ1v) is 6.47. The highest BCUT2D eigenvalue weighted by Crippen LogP contribution is 2.33. The maximum absolute atomic E-state index is 10.9. The van der Waals surface area contributed by atoms with Crippen LogP contribution in [0.15, 0.2) is 36.4 Å². The average Bonchev–Trinajstić information content (AvgIpc) is 2.41. The molecule has 0 spiro atoms. The summed E-state index contributed by atoms with van der Waals surface area (Å²) in [5.74, 6) is -0.0741. The molecule has 0 fully saturated rings. The van der Waals surface area contributed by atoms with Gasteiger partial charge < -0.3 is 9.84 Å². The van der Waals surface area contributed by atoms with Gasteiger partial charge in [-0.05, 0) is 42.7 Å². The van der Waals surface area contributed by atoms with E-state index >= 15 is 0 Å². The minimum Gasteiger partial charge on any atom is -0.496 e. The second-order valence-corrected chi connectivity index (χ2v) is 4.92. The van der Waals surface area contributed by atoms with Crippen molar-refractivity contribution in [1.29, 1.82) is 0 Å². The summed E-state index contributed by atoms with van der Waals surface area (Å²) in [7, 11) is 1.63. The third-order valence-corrected chi connectivity index (χ3v) is 3.30. The van der Waals surface area contributed by atoms with E-state index in [0.29, 0.717) is 0 Å². The zero-order valence-electron chi connectivity index (χ0n) is 11.9. The van der Waals surface area contributed by atoms with E-state index in [2.05, 4.69) is 18.2 Å². The summed E-state index contributed by atoms with van der Waals surface area (Å²) in [6.07, 6.45) is 0.0157. The molecule has 104 valence electrons. The van der Waals surface area contributed by atoms with Crippen LogP contribution in [-0.2, 0) is 11.2 Å². The fraction of sp³-hybridized carbons (Fsp3) is 0.235. The van der Waals surface area contributed by atoms with Crippen LogP contribution in [0, 0.1) is 13.8 Å². The van der Waals surface area contributed by atoms with Crippen molar-refractivity contribution in [2.24, 2.45) is 0 Å². The van der Waals surface area contributed by atoms with Crippen molar-refractivity contribution in [3.63, 3.8) is 0 Å². The molecule has 3 heteroatoms. The van der Waals surface area contributed by atoms with Gasteiger partial charge in [0.15, 0.2) is 0 Å². The quantitative estimate of drug-likeness (QED) is 0.923. The van der Waals surface area contributed by atoms with E-state index in [-0.39, 0.29) is 6.42 Å². The second kappa shape index (κ2) is 5.78. The number of hydrogen-bond donors (Lipinski definition) is 1. The minimum absolute atomic E-state index is 0.0157. The summed E-state index contributed by atoms with van der Waals surface area (Å²) in [4.78, 5) is 10.9. The van der Waals surface area contributed by atoms with Gasteiger partial charge in [0, 0.05) is 5.56 Å². The molecular weight excluding hydrogens is 252 g/mol. The Morgan fingerprint density at radius 3 is 2.50 bits per heavy atom. The molecule has 0 radical (unpaired) electrons. The molecule has 0 atom stereocenters.